The van der Waals surface area contributed by atoms with Crippen molar-refractivity contribution in [3.63, 3.8) is 0 Å². The molecule has 1 amide bonds. The Balaban J connectivity index is 1.84. The van der Waals surface area contributed by atoms with Gasteiger partial charge in [-0.25, -0.2) is 17.5 Å². The molecule has 2 rings (SSSR count). The first-order valence-corrected chi connectivity index (χ1v) is 9.93. The largest absolute Gasteiger partial charge is 0.378 e. The molecule has 0 spiro atoms. The number of anilines is 1. The molecule has 0 atom stereocenters. The minimum atomic E-state index is -3.76. The van der Waals surface area contributed by atoms with Crippen LogP contribution in [-0.4, -0.2) is 46.9 Å². The van der Waals surface area contributed by atoms with Crippen molar-refractivity contribution < 1.29 is 17.6 Å². The zero-order valence-electron chi connectivity index (χ0n) is 15.6. The van der Waals surface area contributed by atoms with E-state index >= 15 is 0 Å². The highest BCUT2D eigenvalue weighted by molar-refractivity contribution is 7.89. The van der Waals surface area contributed by atoms with Crippen LogP contribution in [0.5, 0.6) is 0 Å². The monoisotopic (exact) mass is 393 g/mol. The van der Waals surface area contributed by atoms with Gasteiger partial charge in [-0.05, 0) is 42.0 Å². The second-order valence-electron chi connectivity index (χ2n) is 6.41. The summed E-state index contributed by atoms with van der Waals surface area (Å²) in [4.78, 5) is 15.7. The van der Waals surface area contributed by atoms with Gasteiger partial charge in [-0.3, -0.25) is 4.79 Å². The highest BCUT2D eigenvalue weighted by Crippen LogP contribution is 2.14. The first kappa shape index (κ1) is 20.9. The summed E-state index contributed by atoms with van der Waals surface area (Å²) in [5.41, 5.74) is 2.06. The second-order valence-corrected chi connectivity index (χ2v) is 8.18. The third kappa shape index (κ3) is 6.04. The average Bonchev–Trinajstić information content (AvgIpc) is 2.62. The van der Waals surface area contributed by atoms with Crippen LogP contribution < -0.4 is 9.62 Å². The molecule has 0 saturated carbocycles. The van der Waals surface area contributed by atoms with Crippen molar-refractivity contribution in [1.29, 1.82) is 0 Å². The van der Waals surface area contributed by atoms with Crippen LogP contribution in [0.2, 0.25) is 0 Å². The number of rotatable bonds is 8. The van der Waals surface area contributed by atoms with E-state index in [-0.39, 0.29) is 23.8 Å². The number of hydrogen-bond donors (Lipinski definition) is 1. The van der Waals surface area contributed by atoms with Gasteiger partial charge in [0.1, 0.15) is 5.82 Å². The lowest BCUT2D eigenvalue weighted by Gasteiger charge is -2.18. The lowest BCUT2D eigenvalue weighted by Crippen LogP contribution is -2.32. The van der Waals surface area contributed by atoms with Gasteiger partial charge in [0.05, 0.1) is 4.90 Å². The van der Waals surface area contributed by atoms with Crippen molar-refractivity contribution in [3.8, 4) is 0 Å². The van der Waals surface area contributed by atoms with Gasteiger partial charge in [-0.1, -0.05) is 12.1 Å². The lowest BCUT2D eigenvalue weighted by molar-refractivity contribution is -0.130. The molecule has 0 aliphatic rings. The molecular formula is C19H24FN3O3S. The van der Waals surface area contributed by atoms with Crippen LogP contribution >= 0.6 is 0 Å². The quantitative estimate of drug-likeness (QED) is 0.747. The molecule has 0 heterocycles. The highest BCUT2D eigenvalue weighted by atomic mass is 32.2. The Hall–Kier alpha value is -2.45. The van der Waals surface area contributed by atoms with E-state index in [2.05, 4.69) is 4.72 Å². The highest BCUT2D eigenvalue weighted by Gasteiger charge is 2.15. The van der Waals surface area contributed by atoms with Crippen molar-refractivity contribution in [2.45, 2.75) is 17.9 Å². The van der Waals surface area contributed by atoms with Crippen LogP contribution in [-0.2, 0) is 21.4 Å². The number of nitrogens with zero attached hydrogens (tertiary/aromatic N) is 2. The summed E-state index contributed by atoms with van der Waals surface area (Å²) in [5, 5.41) is 0. The molecular weight excluding hydrogens is 369 g/mol. The first-order valence-electron chi connectivity index (χ1n) is 8.44. The fourth-order valence-corrected chi connectivity index (χ4v) is 3.47. The predicted molar refractivity (Wildman–Crippen MR) is 103 cm³/mol. The molecule has 0 aliphatic heterocycles. The Morgan fingerprint density at radius 2 is 1.59 bits per heavy atom. The minimum absolute atomic E-state index is 0.0253. The molecule has 2 aromatic rings. The van der Waals surface area contributed by atoms with Crippen LogP contribution in [0.15, 0.2) is 53.4 Å². The van der Waals surface area contributed by atoms with Gasteiger partial charge in [0, 0.05) is 46.3 Å². The molecule has 0 aliphatic carbocycles. The second kappa shape index (κ2) is 8.96. The maximum absolute atomic E-state index is 12.9. The zero-order valence-corrected chi connectivity index (χ0v) is 16.5. The van der Waals surface area contributed by atoms with Crippen molar-refractivity contribution in [1.82, 2.24) is 9.62 Å². The summed E-state index contributed by atoms with van der Waals surface area (Å²) in [7, 11) is 1.83. The summed E-state index contributed by atoms with van der Waals surface area (Å²) >= 11 is 0. The van der Waals surface area contributed by atoms with Crippen LogP contribution in [0, 0.1) is 5.82 Å². The number of carbonyl (C=O) groups excluding carboxylic acids is 1. The van der Waals surface area contributed by atoms with E-state index in [1.165, 1.54) is 12.1 Å². The fourth-order valence-electron chi connectivity index (χ4n) is 2.44. The van der Waals surface area contributed by atoms with E-state index in [4.69, 9.17) is 0 Å². The fraction of sp³-hybridized carbons (Fsp3) is 0.316. The molecule has 0 bridgehead atoms. The number of halogens is 1. The SMILES string of the molecule is CN(Cc1ccc(N(C)C)cc1)C(=O)CCNS(=O)(=O)c1ccc(F)cc1. The van der Waals surface area contributed by atoms with E-state index < -0.39 is 15.8 Å². The molecule has 6 nitrogen and oxygen atoms in total. The van der Waals surface area contributed by atoms with Gasteiger partial charge in [0.2, 0.25) is 15.9 Å². The maximum Gasteiger partial charge on any atom is 0.240 e. The van der Waals surface area contributed by atoms with Crippen molar-refractivity contribution in [2.75, 3.05) is 32.6 Å². The molecule has 0 unspecified atom stereocenters. The molecule has 0 fully saturated rings. The molecule has 27 heavy (non-hydrogen) atoms. The molecule has 2 aromatic carbocycles. The Morgan fingerprint density at radius 3 is 2.15 bits per heavy atom. The van der Waals surface area contributed by atoms with Crippen LogP contribution in [0.25, 0.3) is 0 Å². The molecule has 0 radical (unpaired) electrons. The van der Waals surface area contributed by atoms with Crippen molar-refractivity contribution >= 4 is 21.6 Å². The molecule has 0 saturated heterocycles. The summed E-state index contributed by atoms with van der Waals surface area (Å²) in [6.45, 7) is 0.416. The molecule has 146 valence electrons. The van der Waals surface area contributed by atoms with Gasteiger partial charge in [-0.15, -0.1) is 0 Å². The van der Waals surface area contributed by atoms with Gasteiger partial charge in [-0.2, -0.15) is 0 Å². The summed E-state index contributed by atoms with van der Waals surface area (Å²) in [5.74, 6) is -0.683. The van der Waals surface area contributed by atoms with Gasteiger partial charge in [0.25, 0.3) is 0 Å². The van der Waals surface area contributed by atoms with Crippen LogP contribution in [0.4, 0.5) is 10.1 Å². The third-order valence-corrected chi connectivity index (χ3v) is 5.53. The Labute approximate surface area is 159 Å². The van der Waals surface area contributed by atoms with E-state index in [1.54, 1.807) is 11.9 Å². The molecule has 1 N–H and O–H groups in total. The van der Waals surface area contributed by atoms with E-state index in [0.717, 1.165) is 23.4 Å². The summed E-state index contributed by atoms with van der Waals surface area (Å²) in [6, 6.07) is 12.4. The smallest absolute Gasteiger partial charge is 0.240 e. The lowest BCUT2D eigenvalue weighted by atomic mass is 10.2. The van der Waals surface area contributed by atoms with Crippen LogP contribution in [0.1, 0.15) is 12.0 Å². The zero-order chi connectivity index (χ0) is 20.0. The Kier molecular flexibility index (Phi) is 6.92. The number of amides is 1. The third-order valence-electron chi connectivity index (χ3n) is 4.05. The maximum atomic E-state index is 12.9. The van der Waals surface area contributed by atoms with E-state index in [0.29, 0.717) is 6.54 Å². The van der Waals surface area contributed by atoms with E-state index in [1.807, 2.05) is 43.3 Å². The normalized spacial score (nSPS) is 11.3. The summed E-state index contributed by atoms with van der Waals surface area (Å²) in [6.07, 6.45) is 0.0344. The van der Waals surface area contributed by atoms with Crippen molar-refractivity contribution in [3.05, 3.63) is 59.9 Å². The first-order chi connectivity index (χ1) is 12.7. The number of nitrogens with one attached hydrogen (secondary N) is 1. The number of hydrogen-bond acceptors (Lipinski definition) is 4. The average molecular weight is 393 g/mol. The minimum Gasteiger partial charge on any atom is -0.378 e. The van der Waals surface area contributed by atoms with Gasteiger partial charge >= 0.3 is 0 Å². The van der Waals surface area contributed by atoms with Gasteiger partial charge < -0.3 is 9.80 Å². The van der Waals surface area contributed by atoms with Crippen molar-refractivity contribution in [2.24, 2.45) is 0 Å². The number of carbonyl (C=O) groups is 1. The molecule has 8 heteroatoms. The number of sulfonamides is 1. The Morgan fingerprint density at radius 1 is 1.00 bits per heavy atom. The van der Waals surface area contributed by atoms with Crippen LogP contribution in [0.3, 0.4) is 0 Å². The topological polar surface area (TPSA) is 69.7 Å². The number of benzene rings is 2. The Bertz CT molecular complexity index is 866. The predicted octanol–water partition coefficient (Wildman–Crippen LogP) is 2.22. The standard InChI is InChI=1S/C19H24FN3O3S/c1-22(2)17-8-4-15(5-9-17)14-23(3)19(24)12-13-21-27(25,26)18-10-6-16(20)7-11-18/h4-11,21H,12-14H2,1-3H3. The van der Waals surface area contributed by atoms with E-state index in [9.17, 15) is 17.6 Å². The summed E-state index contributed by atoms with van der Waals surface area (Å²) < 4.78 is 39.5. The molecule has 0 aromatic heterocycles. The van der Waals surface area contributed by atoms with Gasteiger partial charge in [0.15, 0.2) is 0 Å².